The van der Waals surface area contributed by atoms with Crippen LogP contribution >= 0.6 is 11.8 Å². The molecule has 1 amide bonds. The Kier molecular flexibility index (Phi) is 9.08. The molecule has 1 fully saturated rings. The first-order valence-electron chi connectivity index (χ1n) is 9.23. The minimum absolute atomic E-state index is 0.0560. The van der Waals surface area contributed by atoms with Crippen molar-refractivity contribution in [2.45, 2.75) is 50.9 Å². The van der Waals surface area contributed by atoms with Crippen molar-refractivity contribution in [2.24, 2.45) is 16.8 Å². The maximum absolute atomic E-state index is 12.2. The van der Waals surface area contributed by atoms with Gasteiger partial charge in [0, 0.05) is 6.42 Å². The summed E-state index contributed by atoms with van der Waals surface area (Å²) in [5, 5.41) is 8.69. The Morgan fingerprint density at radius 2 is 2.00 bits per heavy atom. The zero-order valence-electron chi connectivity index (χ0n) is 15.8. The number of ether oxygens (including phenoxy) is 2. The van der Waals surface area contributed by atoms with Gasteiger partial charge >= 0.3 is 11.9 Å². The number of thioether (sulfide) groups is 1. The maximum atomic E-state index is 12.2. The minimum Gasteiger partial charge on any atom is -0.461 e. The van der Waals surface area contributed by atoms with Gasteiger partial charge in [-0.2, -0.15) is 5.06 Å². The van der Waals surface area contributed by atoms with Crippen LogP contribution < -0.4 is 11.1 Å². The lowest BCUT2D eigenvalue weighted by Crippen LogP contribution is -2.39. The van der Waals surface area contributed by atoms with Crippen LogP contribution in [0.1, 0.15) is 45.4 Å². The molecule has 0 radical (unpaired) electrons. The Hall–Kier alpha value is -2.27. The van der Waals surface area contributed by atoms with Crippen molar-refractivity contribution in [3.05, 3.63) is 11.6 Å². The second-order valence-electron chi connectivity index (χ2n) is 6.29. The first-order valence-corrected chi connectivity index (χ1v) is 10.2. The van der Waals surface area contributed by atoms with Crippen LogP contribution in [0.15, 0.2) is 16.8 Å². The number of esters is 2. The van der Waals surface area contributed by atoms with Gasteiger partial charge in [-0.1, -0.05) is 31.0 Å². The van der Waals surface area contributed by atoms with Crippen molar-refractivity contribution in [2.75, 3.05) is 13.3 Å². The number of nitrogens with one attached hydrogen (secondary N) is 1. The van der Waals surface area contributed by atoms with E-state index in [1.54, 1.807) is 12.3 Å². The van der Waals surface area contributed by atoms with Gasteiger partial charge in [0.05, 0.1) is 12.8 Å². The van der Waals surface area contributed by atoms with Gasteiger partial charge in [0.25, 0.3) is 11.6 Å². The average molecular weight is 414 g/mol. The summed E-state index contributed by atoms with van der Waals surface area (Å²) < 4.78 is 9.84. The minimum atomic E-state index is -0.960. The fourth-order valence-corrected chi connectivity index (χ4v) is 3.38. The van der Waals surface area contributed by atoms with E-state index in [1.165, 1.54) is 29.4 Å². The smallest absolute Gasteiger partial charge is 0.366 e. The number of hydrogen-bond donors (Lipinski definition) is 2. The zero-order chi connectivity index (χ0) is 20.4. The van der Waals surface area contributed by atoms with Crippen molar-refractivity contribution < 1.29 is 28.8 Å². The lowest BCUT2D eigenvalue weighted by molar-refractivity contribution is -0.146. The molecule has 0 aromatic rings. The van der Waals surface area contributed by atoms with Gasteiger partial charge in [-0.25, -0.2) is 4.79 Å². The summed E-state index contributed by atoms with van der Waals surface area (Å²) in [5.41, 5.74) is 4.57. The van der Waals surface area contributed by atoms with E-state index in [0.29, 0.717) is 12.3 Å². The van der Waals surface area contributed by atoms with Crippen LogP contribution in [0.2, 0.25) is 0 Å². The first-order chi connectivity index (χ1) is 13.5. The van der Waals surface area contributed by atoms with Gasteiger partial charge in [-0.05, 0) is 36.2 Å². The second kappa shape index (κ2) is 11.5. The van der Waals surface area contributed by atoms with Crippen molar-refractivity contribution in [3.8, 4) is 0 Å². The Morgan fingerprint density at radius 3 is 2.64 bits per heavy atom. The van der Waals surface area contributed by atoms with Crippen LogP contribution in [0.25, 0.3) is 0 Å². The summed E-state index contributed by atoms with van der Waals surface area (Å²) in [6.07, 6.45) is 7.33. The summed E-state index contributed by atoms with van der Waals surface area (Å²) >= 11 is 1.27. The molecule has 10 nitrogen and oxygen atoms in total. The molecule has 0 saturated heterocycles. The standard InChI is InChI=1S/C17H26N4O6S/c1-2-25-16(24)14(20-27-21-8-9-28-17(21)18)15(23)19-11-26-13(22)10-12-6-4-3-5-7-12/h8-9,12,17H,2-7,10-11,18H2,1H3,(H,19,23)/b20-14+. The van der Waals surface area contributed by atoms with Crippen LogP contribution in [0, 0.1) is 5.92 Å². The molecule has 156 valence electrons. The first kappa shape index (κ1) is 22.0. The average Bonchev–Trinajstić information content (AvgIpc) is 3.08. The SMILES string of the molecule is CCOC(=O)/C(=N/ON1C=CSC1N)C(=O)NCOC(=O)CC1CCCCC1. The highest BCUT2D eigenvalue weighted by atomic mass is 32.2. The molecule has 1 saturated carbocycles. The van der Waals surface area contributed by atoms with E-state index in [4.69, 9.17) is 20.1 Å². The molecule has 0 spiro atoms. The number of rotatable bonds is 9. The predicted octanol–water partition coefficient (Wildman–Crippen LogP) is 1.19. The fourth-order valence-electron chi connectivity index (χ4n) is 2.80. The Morgan fingerprint density at radius 1 is 1.25 bits per heavy atom. The molecule has 28 heavy (non-hydrogen) atoms. The van der Waals surface area contributed by atoms with E-state index in [1.807, 2.05) is 0 Å². The highest BCUT2D eigenvalue weighted by molar-refractivity contribution is 8.02. The van der Waals surface area contributed by atoms with Gasteiger partial charge in [0.15, 0.2) is 12.2 Å². The molecule has 1 aliphatic heterocycles. The highest BCUT2D eigenvalue weighted by Crippen LogP contribution is 2.26. The molecular weight excluding hydrogens is 388 g/mol. The molecule has 2 rings (SSSR count). The third-order valence-electron chi connectivity index (χ3n) is 4.23. The van der Waals surface area contributed by atoms with Gasteiger partial charge in [-0.3, -0.25) is 20.3 Å². The van der Waals surface area contributed by atoms with Crippen LogP contribution in [-0.4, -0.2) is 47.5 Å². The van der Waals surface area contributed by atoms with Gasteiger partial charge in [-0.15, -0.1) is 0 Å². The van der Waals surface area contributed by atoms with Gasteiger partial charge < -0.3 is 14.8 Å². The number of carbonyl (C=O) groups excluding carboxylic acids is 3. The molecule has 1 atom stereocenters. The summed E-state index contributed by atoms with van der Waals surface area (Å²) in [7, 11) is 0. The number of oxime groups is 1. The maximum Gasteiger partial charge on any atom is 0.366 e. The van der Waals surface area contributed by atoms with E-state index in [0.717, 1.165) is 25.7 Å². The summed E-state index contributed by atoms with van der Waals surface area (Å²) in [6, 6.07) is 0. The van der Waals surface area contributed by atoms with Crippen LogP contribution in [0.5, 0.6) is 0 Å². The molecule has 3 N–H and O–H groups in total. The predicted molar refractivity (Wildman–Crippen MR) is 102 cm³/mol. The van der Waals surface area contributed by atoms with Gasteiger partial charge in [0.2, 0.25) is 0 Å². The number of hydroxylamine groups is 2. The molecule has 2 aliphatic rings. The summed E-state index contributed by atoms with van der Waals surface area (Å²) in [4.78, 5) is 41.1. The summed E-state index contributed by atoms with van der Waals surface area (Å²) in [5.74, 6) is -1.90. The third kappa shape index (κ3) is 7.04. The van der Waals surface area contributed by atoms with E-state index in [9.17, 15) is 14.4 Å². The molecule has 1 heterocycles. The lowest BCUT2D eigenvalue weighted by atomic mass is 9.87. The highest BCUT2D eigenvalue weighted by Gasteiger charge is 2.25. The van der Waals surface area contributed by atoms with E-state index >= 15 is 0 Å². The Balaban J connectivity index is 1.82. The number of nitrogens with zero attached hydrogens (tertiary/aromatic N) is 2. The Bertz CT molecular complexity index is 621. The van der Waals surface area contributed by atoms with Crippen molar-refractivity contribution in [3.63, 3.8) is 0 Å². The van der Waals surface area contributed by atoms with Crippen LogP contribution in [-0.2, 0) is 28.8 Å². The molecular formula is C17H26N4O6S. The van der Waals surface area contributed by atoms with Crippen molar-refractivity contribution >= 4 is 35.3 Å². The van der Waals surface area contributed by atoms with E-state index < -0.39 is 23.1 Å². The van der Waals surface area contributed by atoms with Crippen LogP contribution in [0.3, 0.4) is 0 Å². The van der Waals surface area contributed by atoms with Gasteiger partial charge in [0.1, 0.15) is 0 Å². The number of hydrogen-bond acceptors (Lipinski definition) is 10. The summed E-state index contributed by atoms with van der Waals surface area (Å²) in [6.45, 7) is 1.28. The second-order valence-corrected chi connectivity index (χ2v) is 7.32. The fraction of sp³-hybridized carbons (Fsp3) is 0.647. The van der Waals surface area contributed by atoms with E-state index in [-0.39, 0.29) is 19.3 Å². The zero-order valence-corrected chi connectivity index (χ0v) is 16.6. The number of amides is 1. The molecule has 0 bridgehead atoms. The number of carbonyl (C=O) groups is 3. The lowest BCUT2D eigenvalue weighted by Gasteiger charge is -2.20. The molecule has 11 heteroatoms. The molecule has 0 aromatic carbocycles. The quantitative estimate of drug-likeness (QED) is 0.188. The largest absolute Gasteiger partial charge is 0.461 e. The normalized spacial score (nSPS) is 20.0. The monoisotopic (exact) mass is 414 g/mol. The number of nitrogens with two attached hydrogens (primary N) is 1. The van der Waals surface area contributed by atoms with Crippen LogP contribution in [0.4, 0.5) is 0 Å². The van der Waals surface area contributed by atoms with Crippen molar-refractivity contribution in [1.29, 1.82) is 0 Å². The molecule has 0 aromatic heterocycles. The topological polar surface area (TPSA) is 133 Å². The Labute approximate surface area is 167 Å². The van der Waals surface area contributed by atoms with Crippen molar-refractivity contribution in [1.82, 2.24) is 10.4 Å². The third-order valence-corrected chi connectivity index (χ3v) is 5.00. The van der Waals surface area contributed by atoms with E-state index in [2.05, 4.69) is 10.5 Å². The molecule has 1 aliphatic carbocycles. The molecule has 1 unspecified atom stereocenters.